The van der Waals surface area contributed by atoms with Crippen LogP contribution in [0.15, 0.2) is 36.4 Å². The molecule has 0 saturated carbocycles. The molecule has 2 heterocycles. The third kappa shape index (κ3) is 3.71. The van der Waals surface area contributed by atoms with Gasteiger partial charge in [-0.2, -0.15) is 0 Å². The van der Waals surface area contributed by atoms with Gasteiger partial charge in [0.15, 0.2) is 0 Å². The van der Waals surface area contributed by atoms with Crippen LogP contribution in [0.4, 0.5) is 10.3 Å². The molecule has 2 aromatic carbocycles. The molecule has 0 radical (unpaired) electrons. The van der Waals surface area contributed by atoms with E-state index in [2.05, 4.69) is 87.9 Å². The first-order chi connectivity index (χ1) is 12.6. The highest BCUT2D eigenvalue weighted by Gasteiger charge is 2.15. The lowest BCUT2D eigenvalue weighted by atomic mass is 9.87. The Labute approximate surface area is 168 Å². The summed E-state index contributed by atoms with van der Waals surface area (Å²) in [6.45, 7) is 13.4. The number of fused-ring (bicyclic) bond motifs is 2. The molecule has 0 aliphatic heterocycles. The van der Waals surface area contributed by atoms with E-state index in [1.54, 1.807) is 22.7 Å². The van der Waals surface area contributed by atoms with Crippen molar-refractivity contribution in [3.63, 3.8) is 0 Å². The summed E-state index contributed by atoms with van der Waals surface area (Å²) < 4.78 is 2.36. The van der Waals surface area contributed by atoms with Crippen LogP contribution in [-0.4, -0.2) is 9.97 Å². The number of hydrogen-bond acceptors (Lipinski definition) is 4. The predicted octanol–water partition coefficient (Wildman–Crippen LogP) is 7.84. The fourth-order valence-corrected chi connectivity index (χ4v) is 4.75. The van der Waals surface area contributed by atoms with Crippen LogP contribution < -0.4 is 0 Å². The first-order valence-corrected chi connectivity index (χ1v) is 10.8. The summed E-state index contributed by atoms with van der Waals surface area (Å²) in [4.78, 5) is 9.35. The monoisotopic (exact) mass is 394 g/mol. The summed E-state index contributed by atoms with van der Waals surface area (Å²) in [6.07, 6.45) is 0. The maximum absolute atomic E-state index is 4.71. The molecule has 0 aliphatic carbocycles. The zero-order valence-electron chi connectivity index (χ0n) is 16.6. The predicted molar refractivity (Wildman–Crippen MR) is 119 cm³/mol. The Morgan fingerprint density at radius 3 is 1.44 bits per heavy atom. The van der Waals surface area contributed by atoms with Crippen molar-refractivity contribution in [3.05, 3.63) is 52.8 Å². The number of nitrogens with zero attached hydrogens (tertiary/aromatic N) is 3. The Morgan fingerprint density at radius 1 is 0.667 bits per heavy atom. The van der Waals surface area contributed by atoms with E-state index >= 15 is 0 Å². The van der Waals surface area contributed by atoms with Crippen LogP contribution in [0.2, 0.25) is 0 Å². The van der Waals surface area contributed by atoms with Gasteiger partial charge >= 0.3 is 0 Å². The van der Waals surface area contributed by atoms with Gasteiger partial charge in [0.1, 0.15) is 0 Å². The lowest BCUT2D eigenvalue weighted by Crippen LogP contribution is -2.10. The molecule has 27 heavy (non-hydrogen) atoms. The van der Waals surface area contributed by atoms with Crippen molar-refractivity contribution in [2.45, 2.75) is 52.4 Å². The molecule has 0 bridgehead atoms. The van der Waals surface area contributed by atoms with E-state index in [1.807, 2.05) is 0 Å². The van der Waals surface area contributed by atoms with Crippen molar-refractivity contribution in [1.29, 1.82) is 0 Å². The molecule has 0 aliphatic rings. The fraction of sp³-hybridized carbons (Fsp3) is 0.364. The van der Waals surface area contributed by atoms with Crippen LogP contribution in [-0.2, 0) is 10.8 Å². The summed E-state index contributed by atoms with van der Waals surface area (Å²) in [5.41, 5.74) is 4.91. The lowest BCUT2D eigenvalue weighted by molar-refractivity contribution is 0.591. The van der Waals surface area contributed by atoms with Gasteiger partial charge in [0, 0.05) is 20.4 Å². The van der Waals surface area contributed by atoms with E-state index in [-0.39, 0.29) is 10.8 Å². The maximum atomic E-state index is 4.71. The highest BCUT2D eigenvalue weighted by Crippen LogP contribution is 2.42. The van der Waals surface area contributed by atoms with Gasteiger partial charge in [0.25, 0.3) is 0 Å². The van der Waals surface area contributed by atoms with Crippen LogP contribution >= 0.6 is 22.7 Å². The average Bonchev–Trinajstić information content (AvgIpc) is 3.14. The topological polar surface area (TPSA) is 39.9 Å². The van der Waals surface area contributed by atoms with Crippen LogP contribution in [0.25, 0.3) is 25.8 Å². The van der Waals surface area contributed by atoms with Crippen LogP contribution in [0, 0.1) is 0 Å². The minimum Gasteiger partial charge on any atom is -0.351 e. The quantitative estimate of drug-likeness (QED) is 0.347. The number of thiazole rings is 2. The molecule has 0 atom stereocenters. The van der Waals surface area contributed by atoms with Gasteiger partial charge in [-0.25, -0.2) is 0 Å². The number of rotatable bonds is 2. The summed E-state index contributed by atoms with van der Waals surface area (Å²) in [7, 11) is 0. The third-order valence-electron chi connectivity index (χ3n) is 4.68. The van der Waals surface area contributed by atoms with Gasteiger partial charge in [0.05, 0.1) is 10.3 Å². The van der Waals surface area contributed by atoms with Gasteiger partial charge in [0.2, 0.25) is 0 Å². The van der Waals surface area contributed by atoms with Crippen LogP contribution in [0.3, 0.4) is 0 Å². The SMILES string of the molecule is CC(C)(C)c1ccc2nc([N-]c3nc4ccc(C(C)(C)C)cc4s3)sc2c1. The normalized spacial score (nSPS) is 12.8. The zero-order chi connectivity index (χ0) is 19.4. The highest BCUT2D eigenvalue weighted by atomic mass is 32.1. The van der Waals surface area contributed by atoms with Gasteiger partial charge in [-0.05, 0) is 34.1 Å². The number of benzene rings is 2. The fourth-order valence-electron chi connectivity index (χ4n) is 2.94. The second-order valence-electron chi connectivity index (χ2n) is 8.97. The van der Waals surface area contributed by atoms with Crippen molar-refractivity contribution in [2.75, 3.05) is 0 Å². The zero-order valence-corrected chi connectivity index (χ0v) is 18.3. The van der Waals surface area contributed by atoms with E-state index < -0.39 is 0 Å². The molecule has 0 N–H and O–H groups in total. The maximum Gasteiger partial charge on any atom is 0.0676 e. The molecule has 0 saturated heterocycles. The minimum atomic E-state index is 0.132. The number of hydrogen-bond donors (Lipinski definition) is 0. The Morgan fingerprint density at radius 2 is 1.07 bits per heavy atom. The van der Waals surface area contributed by atoms with Gasteiger partial charge in [-0.1, -0.05) is 65.8 Å². The Hall–Kier alpha value is -1.98. The summed E-state index contributed by atoms with van der Waals surface area (Å²) in [6, 6.07) is 13.0. The lowest BCUT2D eigenvalue weighted by Gasteiger charge is -2.18. The van der Waals surface area contributed by atoms with Gasteiger partial charge < -0.3 is 15.3 Å². The summed E-state index contributed by atoms with van der Waals surface area (Å²) in [5.74, 6) is 0. The molecule has 4 rings (SSSR count). The summed E-state index contributed by atoms with van der Waals surface area (Å²) >= 11 is 3.26. The van der Waals surface area contributed by atoms with Crippen molar-refractivity contribution in [3.8, 4) is 0 Å². The molecule has 0 spiro atoms. The second-order valence-corrected chi connectivity index (χ2v) is 11.0. The molecule has 3 nitrogen and oxygen atoms in total. The van der Waals surface area contributed by atoms with Crippen molar-refractivity contribution >= 4 is 53.4 Å². The molecule has 0 fully saturated rings. The molecular formula is C22H24N3S2-. The van der Waals surface area contributed by atoms with Crippen molar-refractivity contribution in [1.82, 2.24) is 9.97 Å². The van der Waals surface area contributed by atoms with E-state index in [9.17, 15) is 0 Å². The number of aromatic nitrogens is 2. The van der Waals surface area contributed by atoms with Crippen molar-refractivity contribution in [2.24, 2.45) is 0 Å². The third-order valence-corrected chi connectivity index (χ3v) is 6.50. The smallest absolute Gasteiger partial charge is 0.0676 e. The summed E-state index contributed by atoms with van der Waals surface area (Å²) in [5, 5.41) is 6.25. The average molecular weight is 395 g/mol. The van der Waals surface area contributed by atoms with Gasteiger partial charge in [-0.15, -0.1) is 22.7 Å². The van der Waals surface area contributed by atoms with Crippen LogP contribution in [0.5, 0.6) is 0 Å². The molecule has 4 aromatic rings. The highest BCUT2D eigenvalue weighted by molar-refractivity contribution is 7.24. The van der Waals surface area contributed by atoms with E-state index in [0.717, 1.165) is 21.3 Å². The molecule has 5 heteroatoms. The van der Waals surface area contributed by atoms with Gasteiger partial charge in [-0.3, -0.25) is 0 Å². The van der Waals surface area contributed by atoms with Crippen LogP contribution in [0.1, 0.15) is 52.7 Å². The minimum absolute atomic E-state index is 0.132. The Balaban J connectivity index is 1.65. The standard InChI is InChI=1S/C22H24N3S2/c1-21(2,3)13-7-9-15-17(11-13)26-19(23-15)25-20-24-16-10-8-14(22(4,5)6)12-18(16)27-20/h7-12H,1-6H3/q-1. The largest absolute Gasteiger partial charge is 0.351 e. The Kier molecular flexibility index (Phi) is 4.28. The van der Waals surface area contributed by atoms with Crippen molar-refractivity contribution < 1.29 is 0 Å². The molecule has 0 unspecified atom stereocenters. The molecule has 2 aromatic heterocycles. The van der Waals surface area contributed by atoms with E-state index in [0.29, 0.717) is 0 Å². The second kappa shape index (κ2) is 6.28. The molecule has 0 amide bonds. The molecule has 140 valence electrons. The van der Waals surface area contributed by atoms with E-state index in [1.165, 1.54) is 20.5 Å². The van der Waals surface area contributed by atoms with E-state index in [4.69, 9.17) is 5.32 Å². The Bertz CT molecular complexity index is 1030. The first-order valence-electron chi connectivity index (χ1n) is 9.13. The molecular weight excluding hydrogens is 370 g/mol. The first kappa shape index (κ1) is 18.4.